The lowest BCUT2D eigenvalue weighted by Crippen LogP contribution is -2.49. The highest BCUT2D eigenvalue weighted by atomic mass is 32.1. The van der Waals surface area contributed by atoms with Crippen LogP contribution < -0.4 is 0 Å². The molecule has 4 nitrogen and oxygen atoms in total. The van der Waals surface area contributed by atoms with Crippen LogP contribution in [0.4, 0.5) is 0 Å². The van der Waals surface area contributed by atoms with Crippen molar-refractivity contribution in [2.75, 3.05) is 19.6 Å². The number of hydrogen-bond donors (Lipinski definition) is 0. The van der Waals surface area contributed by atoms with E-state index in [1.807, 2.05) is 44.7 Å². The van der Waals surface area contributed by atoms with E-state index < -0.39 is 5.41 Å². The molecule has 1 aromatic carbocycles. The number of aryl methyl sites for hydroxylation is 1. The lowest BCUT2D eigenvalue weighted by Gasteiger charge is -2.38. The molecule has 2 amide bonds. The Morgan fingerprint density at radius 2 is 1.89 bits per heavy atom. The molecule has 0 N–H and O–H groups in total. The fourth-order valence-electron chi connectivity index (χ4n) is 3.87. The zero-order chi connectivity index (χ0) is 20.5. The maximum absolute atomic E-state index is 13.4. The molecule has 150 valence electrons. The predicted molar refractivity (Wildman–Crippen MR) is 114 cm³/mol. The van der Waals surface area contributed by atoms with E-state index in [0.29, 0.717) is 13.1 Å². The first-order valence-electron chi connectivity index (χ1n) is 9.94. The van der Waals surface area contributed by atoms with Gasteiger partial charge in [-0.05, 0) is 48.4 Å². The van der Waals surface area contributed by atoms with Crippen LogP contribution in [0.3, 0.4) is 0 Å². The van der Waals surface area contributed by atoms with Gasteiger partial charge in [-0.2, -0.15) is 0 Å². The number of rotatable bonds is 4. The molecule has 0 spiro atoms. The second-order valence-electron chi connectivity index (χ2n) is 8.46. The fourth-order valence-corrected chi connectivity index (χ4v) is 4.77. The van der Waals surface area contributed by atoms with Gasteiger partial charge in [0.25, 0.3) is 0 Å². The Labute approximate surface area is 172 Å². The number of carbonyl (C=O) groups excluding carboxylic acids is 2. The molecular formula is C23H30N2O2S. The van der Waals surface area contributed by atoms with Crippen LogP contribution in [0.1, 0.15) is 55.3 Å². The third kappa shape index (κ3) is 4.00. The molecule has 1 aliphatic heterocycles. The lowest BCUT2D eigenvalue weighted by atomic mass is 9.90. The van der Waals surface area contributed by atoms with E-state index in [0.717, 1.165) is 6.42 Å². The van der Waals surface area contributed by atoms with Crippen molar-refractivity contribution in [3.05, 3.63) is 57.3 Å². The summed E-state index contributed by atoms with van der Waals surface area (Å²) in [4.78, 5) is 31.1. The van der Waals surface area contributed by atoms with Gasteiger partial charge in [0.2, 0.25) is 11.8 Å². The number of fused-ring (bicyclic) bond motifs is 1. The summed E-state index contributed by atoms with van der Waals surface area (Å²) in [6, 6.07) is 10.3. The first-order valence-corrected chi connectivity index (χ1v) is 10.8. The van der Waals surface area contributed by atoms with Crippen LogP contribution in [-0.4, -0.2) is 41.2 Å². The molecule has 0 unspecified atom stereocenters. The number of likely N-dealkylation sites (N-methyl/N-ethyl adjacent to an activating group) is 1. The standard InChI is InChI=1S/C23H30N2O2S/c1-6-24(22(27)23(3,4)5)15-20(26)25-13-11-19-18(12-14-28-19)21(25)17-10-8-7-9-16(17)2/h7-10,12,14,21H,6,11,13,15H2,1-5H3/t21-/m0/s1. The molecule has 0 saturated heterocycles. The van der Waals surface area contributed by atoms with Gasteiger partial charge in [0.05, 0.1) is 12.6 Å². The molecule has 0 saturated carbocycles. The minimum Gasteiger partial charge on any atom is -0.333 e. The van der Waals surface area contributed by atoms with E-state index in [2.05, 4.69) is 30.5 Å². The first kappa shape index (κ1) is 20.6. The monoisotopic (exact) mass is 398 g/mol. The van der Waals surface area contributed by atoms with Crippen LogP contribution >= 0.6 is 11.3 Å². The van der Waals surface area contributed by atoms with Crippen molar-refractivity contribution in [1.29, 1.82) is 0 Å². The van der Waals surface area contributed by atoms with E-state index in [1.165, 1.54) is 21.6 Å². The van der Waals surface area contributed by atoms with Crippen LogP contribution in [0, 0.1) is 12.3 Å². The van der Waals surface area contributed by atoms with E-state index in [4.69, 9.17) is 0 Å². The predicted octanol–water partition coefficient (Wildman–Crippen LogP) is 4.43. The Morgan fingerprint density at radius 1 is 1.18 bits per heavy atom. The van der Waals surface area contributed by atoms with Gasteiger partial charge in [-0.15, -0.1) is 11.3 Å². The van der Waals surface area contributed by atoms with Crippen molar-refractivity contribution in [2.24, 2.45) is 5.41 Å². The van der Waals surface area contributed by atoms with Crippen LogP contribution in [0.5, 0.6) is 0 Å². The number of thiophene rings is 1. The number of benzene rings is 1. The Hall–Kier alpha value is -2.14. The largest absolute Gasteiger partial charge is 0.333 e. The van der Waals surface area contributed by atoms with E-state index in [-0.39, 0.29) is 24.4 Å². The first-order chi connectivity index (χ1) is 13.2. The molecule has 1 aromatic heterocycles. The minimum atomic E-state index is -0.492. The molecular weight excluding hydrogens is 368 g/mol. The van der Waals surface area contributed by atoms with Crippen LogP contribution in [0.15, 0.2) is 35.7 Å². The molecule has 0 radical (unpaired) electrons. The third-order valence-corrected chi connectivity index (χ3v) is 6.40. The molecule has 0 bridgehead atoms. The zero-order valence-corrected chi connectivity index (χ0v) is 18.3. The SMILES string of the molecule is CCN(CC(=O)N1CCc2sccc2[C@@H]1c1ccccc1C)C(=O)C(C)(C)C. The highest BCUT2D eigenvalue weighted by Gasteiger charge is 2.35. The van der Waals surface area contributed by atoms with Crippen molar-refractivity contribution in [3.8, 4) is 0 Å². The van der Waals surface area contributed by atoms with Gasteiger partial charge in [-0.1, -0.05) is 45.0 Å². The summed E-state index contributed by atoms with van der Waals surface area (Å²) in [6.07, 6.45) is 0.875. The molecule has 28 heavy (non-hydrogen) atoms. The summed E-state index contributed by atoms with van der Waals surface area (Å²) < 4.78 is 0. The maximum Gasteiger partial charge on any atom is 0.242 e. The highest BCUT2D eigenvalue weighted by molar-refractivity contribution is 7.10. The minimum absolute atomic E-state index is 0.0176. The smallest absolute Gasteiger partial charge is 0.242 e. The summed E-state index contributed by atoms with van der Waals surface area (Å²) in [5.74, 6) is 0.0357. The number of nitrogens with zero attached hydrogens (tertiary/aromatic N) is 2. The molecule has 2 heterocycles. The number of hydrogen-bond acceptors (Lipinski definition) is 3. The molecule has 2 aromatic rings. The quantitative estimate of drug-likeness (QED) is 0.765. The highest BCUT2D eigenvalue weighted by Crippen LogP contribution is 2.39. The van der Waals surface area contributed by atoms with Crippen LogP contribution in [0.2, 0.25) is 0 Å². The normalized spacial score (nSPS) is 16.6. The summed E-state index contributed by atoms with van der Waals surface area (Å²) in [6.45, 7) is 11.1. The zero-order valence-electron chi connectivity index (χ0n) is 17.5. The van der Waals surface area contributed by atoms with Crippen molar-refractivity contribution < 1.29 is 9.59 Å². The molecule has 1 atom stereocenters. The van der Waals surface area contributed by atoms with Crippen LogP contribution in [-0.2, 0) is 16.0 Å². The van der Waals surface area contributed by atoms with Gasteiger partial charge in [0.15, 0.2) is 0 Å². The van der Waals surface area contributed by atoms with Gasteiger partial charge < -0.3 is 9.80 Å². The number of carbonyl (C=O) groups is 2. The molecule has 3 rings (SSSR count). The van der Waals surface area contributed by atoms with Gasteiger partial charge >= 0.3 is 0 Å². The average Bonchev–Trinajstić information content (AvgIpc) is 3.13. The molecule has 1 aliphatic rings. The van der Waals surface area contributed by atoms with Crippen molar-refractivity contribution in [2.45, 2.75) is 47.1 Å². The summed E-state index contributed by atoms with van der Waals surface area (Å²) >= 11 is 1.77. The van der Waals surface area contributed by atoms with Crippen molar-refractivity contribution >= 4 is 23.2 Å². The van der Waals surface area contributed by atoms with Gasteiger partial charge in [0.1, 0.15) is 0 Å². The molecule has 0 fully saturated rings. The average molecular weight is 399 g/mol. The Balaban J connectivity index is 1.92. The van der Waals surface area contributed by atoms with Crippen LogP contribution in [0.25, 0.3) is 0 Å². The van der Waals surface area contributed by atoms with E-state index in [9.17, 15) is 9.59 Å². The van der Waals surface area contributed by atoms with Gasteiger partial charge in [-0.3, -0.25) is 9.59 Å². The second kappa shape index (κ2) is 8.08. The summed E-state index contributed by atoms with van der Waals surface area (Å²) in [5, 5.41) is 2.12. The maximum atomic E-state index is 13.4. The molecule has 0 aliphatic carbocycles. The fraction of sp³-hybridized carbons (Fsp3) is 0.478. The lowest BCUT2D eigenvalue weighted by molar-refractivity contribution is -0.146. The van der Waals surface area contributed by atoms with E-state index in [1.54, 1.807) is 16.2 Å². The molecule has 5 heteroatoms. The Morgan fingerprint density at radius 3 is 2.54 bits per heavy atom. The van der Waals surface area contributed by atoms with Gasteiger partial charge in [0, 0.05) is 23.4 Å². The number of amides is 2. The third-order valence-electron chi connectivity index (χ3n) is 5.41. The van der Waals surface area contributed by atoms with Crippen molar-refractivity contribution in [3.63, 3.8) is 0 Å². The Kier molecular flexibility index (Phi) is 5.94. The summed E-state index contributed by atoms with van der Waals surface area (Å²) in [5.41, 5.74) is 3.08. The van der Waals surface area contributed by atoms with Gasteiger partial charge in [-0.25, -0.2) is 0 Å². The Bertz CT molecular complexity index is 865. The topological polar surface area (TPSA) is 40.6 Å². The second-order valence-corrected chi connectivity index (χ2v) is 9.47. The van der Waals surface area contributed by atoms with E-state index >= 15 is 0 Å². The summed E-state index contributed by atoms with van der Waals surface area (Å²) in [7, 11) is 0. The van der Waals surface area contributed by atoms with Crippen molar-refractivity contribution in [1.82, 2.24) is 9.80 Å².